The van der Waals surface area contributed by atoms with Crippen molar-refractivity contribution >= 4 is 85.9 Å². The van der Waals surface area contributed by atoms with E-state index in [4.69, 9.17) is 47.9 Å². The Labute approximate surface area is 397 Å². The van der Waals surface area contributed by atoms with Gasteiger partial charge in [0.05, 0.1) is 56.4 Å². The van der Waals surface area contributed by atoms with Crippen molar-refractivity contribution in [1.82, 2.24) is 28.7 Å². The number of aromatic amines is 1. The number of H-pyrrole nitrogens is 1. The minimum Gasteiger partial charge on any atom is -0.497 e. The molecule has 16 nitrogen and oxygen atoms in total. The number of esters is 2. The quantitative estimate of drug-likeness (QED) is 0.0884. The summed E-state index contributed by atoms with van der Waals surface area (Å²) < 4.78 is 28.1. The summed E-state index contributed by atoms with van der Waals surface area (Å²) in [6, 6.07) is 23.0. The molecule has 3 N–H and O–H groups in total. The Morgan fingerprint density at radius 2 is 1.29 bits per heavy atom. The fourth-order valence-electron chi connectivity index (χ4n) is 9.15. The Hall–Kier alpha value is -7.69. The lowest BCUT2D eigenvalue weighted by molar-refractivity contribution is -0.152. The summed E-state index contributed by atoms with van der Waals surface area (Å²) in [5, 5.41) is 2.20. The number of nitrogen functional groups attached to an aromatic ring is 1. The molecule has 4 heterocycles. The summed E-state index contributed by atoms with van der Waals surface area (Å²) in [4.78, 5) is 80.1. The number of nitrogens with two attached hydrogens (primary N) is 1. The van der Waals surface area contributed by atoms with E-state index in [9.17, 15) is 24.0 Å². The molecule has 4 aromatic heterocycles. The van der Waals surface area contributed by atoms with Gasteiger partial charge in [-0.05, 0) is 115 Å². The van der Waals surface area contributed by atoms with Crippen LogP contribution in [0.2, 0.25) is 10.0 Å². The van der Waals surface area contributed by atoms with Crippen LogP contribution in [0.25, 0.3) is 33.0 Å². The number of ether oxygens (including phenoxy) is 4. The van der Waals surface area contributed by atoms with E-state index in [0.29, 0.717) is 82.6 Å². The van der Waals surface area contributed by atoms with E-state index in [2.05, 4.69) is 21.5 Å². The molecule has 0 amide bonds. The summed E-state index contributed by atoms with van der Waals surface area (Å²) in [5.41, 5.74) is 10.2. The van der Waals surface area contributed by atoms with E-state index in [-0.39, 0.29) is 54.8 Å². The number of imidazole rings is 1. The van der Waals surface area contributed by atoms with Crippen LogP contribution in [0.4, 0.5) is 5.95 Å². The largest absolute Gasteiger partial charge is 0.497 e. The van der Waals surface area contributed by atoms with Crippen LogP contribution in [-0.2, 0) is 31.9 Å². The van der Waals surface area contributed by atoms with Gasteiger partial charge in [-0.1, -0.05) is 29.8 Å². The second-order valence-electron chi connectivity index (χ2n) is 16.5. The van der Waals surface area contributed by atoms with E-state index in [1.165, 1.54) is 20.5 Å². The average Bonchev–Trinajstić information content (AvgIpc) is 4.03. The van der Waals surface area contributed by atoms with Crippen LogP contribution in [0.15, 0.2) is 108 Å². The lowest BCUT2D eigenvalue weighted by atomic mass is 10.0. The minimum atomic E-state index is -0.895. The molecule has 3 atom stereocenters. The number of hydrogen-bond acceptors (Lipinski definition) is 12. The van der Waals surface area contributed by atoms with Gasteiger partial charge in [-0.25, -0.2) is 4.98 Å². The Morgan fingerprint density at radius 3 is 1.81 bits per heavy atom. The number of carbonyl (C=O) groups is 4. The molecule has 4 aromatic carbocycles. The highest BCUT2D eigenvalue weighted by atomic mass is 35.5. The predicted octanol–water partition coefficient (Wildman–Crippen LogP) is 7.99. The number of carbonyl (C=O) groups excluding carboxylic acids is 4. The molecule has 0 spiro atoms. The van der Waals surface area contributed by atoms with Crippen molar-refractivity contribution in [3.63, 3.8) is 0 Å². The highest BCUT2D eigenvalue weighted by molar-refractivity contribution is 6.31. The second-order valence-corrected chi connectivity index (χ2v) is 17.3. The van der Waals surface area contributed by atoms with Crippen molar-refractivity contribution in [3.05, 3.63) is 157 Å². The SMILES string of the molecule is C=C1C(COC(=O)Cc2c(C)n(C(=O)c3ccc(Cl)cc3)c3ccc(OC)cc23)[C@@H](OC(=O)Cc2c(C)n(C(=O)c3ccc(Cl)cc3)c3ccc(OC)cc23)C[C@@H]1n1cnc2c(=O)[nH]c(N)nc21. The molecule has 9 rings (SSSR count). The maximum atomic E-state index is 14.3. The molecule has 18 heteroatoms. The molecule has 0 radical (unpaired) electrons. The zero-order valence-corrected chi connectivity index (χ0v) is 38.7. The molecular weight excluding hydrogens is 913 g/mol. The summed E-state index contributed by atoms with van der Waals surface area (Å²) in [5.74, 6) is -1.69. The van der Waals surface area contributed by atoms with Crippen molar-refractivity contribution in [2.45, 2.75) is 45.3 Å². The smallest absolute Gasteiger partial charge is 0.310 e. The van der Waals surface area contributed by atoms with Gasteiger partial charge in [-0.15, -0.1) is 0 Å². The van der Waals surface area contributed by atoms with E-state index < -0.39 is 35.6 Å². The first-order valence-electron chi connectivity index (χ1n) is 21.4. The summed E-state index contributed by atoms with van der Waals surface area (Å²) in [6.45, 7) is 7.65. The first kappa shape index (κ1) is 45.5. The van der Waals surface area contributed by atoms with Crippen molar-refractivity contribution in [3.8, 4) is 11.5 Å². The number of fused-ring (bicyclic) bond motifs is 3. The molecule has 346 valence electrons. The predicted molar refractivity (Wildman–Crippen MR) is 256 cm³/mol. The van der Waals surface area contributed by atoms with Crippen molar-refractivity contribution in [2.75, 3.05) is 26.6 Å². The summed E-state index contributed by atoms with van der Waals surface area (Å²) >= 11 is 12.2. The molecular formula is C50H43Cl2N7O9. The molecule has 0 aliphatic heterocycles. The van der Waals surface area contributed by atoms with Crippen LogP contribution in [0.3, 0.4) is 0 Å². The van der Waals surface area contributed by atoms with Crippen molar-refractivity contribution in [2.24, 2.45) is 5.92 Å². The Morgan fingerprint density at radius 1 is 0.779 bits per heavy atom. The monoisotopic (exact) mass is 955 g/mol. The van der Waals surface area contributed by atoms with Crippen LogP contribution in [0, 0.1) is 19.8 Å². The number of aromatic nitrogens is 6. The second kappa shape index (κ2) is 18.2. The van der Waals surface area contributed by atoms with E-state index in [0.717, 1.165) is 0 Å². The maximum Gasteiger partial charge on any atom is 0.310 e. The van der Waals surface area contributed by atoms with Gasteiger partial charge in [0.15, 0.2) is 11.2 Å². The lowest BCUT2D eigenvalue weighted by Crippen LogP contribution is -2.28. The van der Waals surface area contributed by atoms with Gasteiger partial charge in [0.1, 0.15) is 24.2 Å². The third-order valence-corrected chi connectivity index (χ3v) is 13.1. The van der Waals surface area contributed by atoms with Crippen LogP contribution in [0.1, 0.15) is 55.7 Å². The zero-order chi connectivity index (χ0) is 48.1. The number of benzene rings is 4. The van der Waals surface area contributed by atoms with Gasteiger partial charge in [-0.3, -0.25) is 38.1 Å². The first-order chi connectivity index (χ1) is 32.6. The van der Waals surface area contributed by atoms with Crippen molar-refractivity contribution < 1.29 is 38.1 Å². The molecule has 1 unspecified atom stereocenters. The third-order valence-electron chi connectivity index (χ3n) is 12.6. The highest BCUT2D eigenvalue weighted by Gasteiger charge is 2.43. The fourth-order valence-corrected chi connectivity index (χ4v) is 9.41. The van der Waals surface area contributed by atoms with Crippen molar-refractivity contribution in [1.29, 1.82) is 0 Å². The molecule has 1 fully saturated rings. The average molecular weight is 957 g/mol. The number of halogens is 2. The van der Waals surface area contributed by atoms with Crippen LogP contribution in [0.5, 0.6) is 11.5 Å². The van der Waals surface area contributed by atoms with Gasteiger partial charge in [0.25, 0.3) is 17.4 Å². The van der Waals surface area contributed by atoms with Crippen LogP contribution in [-0.4, -0.2) is 79.3 Å². The van der Waals surface area contributed by atoms with Gasteiger partial charge in [0, 0.05) is 49.8 Å². The molecule has 1 aliphatic rings. The molecule has 0 saturated heterocycles. The summed E-state index contributed by atoms with van der Waals surface area (Å²) in [6.07, 6.45) is 0.239. The topological polar surface area (TPSA) is 205 Å². The number of anilines is 1. The van der Waals surface area contributed by atoms with Crippen LogP contribution >= 0.6 is 23.2 Å². The van der Waals surface area contributed by atoms with Crippen LogP contribution < -0.4 is 20.8 Å². The third kappa shape index (κ3) is 8.26. The standard InChI is InChI=1S/C50H43Cl2N7O9/c1-25-38(23-67-43(60)20-34-26(2)58(39-16-14-32(65-4)18-36(34)39)48(63)28-6-10-30(51)11-7-28)42(22-41(25)57-24-54-45-46(57)55-50(53)56-47(45)62)68-44(61)21-35-27(3)59(40-17-15-33(66-5)19-37(35)40)49(64)29-8-12-31(52)13-9-29/h6-19,24,38,41-42H,1,20-23H2,2-5H3,(H3,53,55,56,62)/t38?,41-,42-/m0/s1. The molecule has 1 saturated carbocycles. The lowest BCUT2D eigenvalue weighted by Gasteiger charge is -2.21. The number of rotatable bonds is 12. The first-order valence-corrected chi connectivity index (χ1v) is 22.1. The maximum absolute atomic E-state index is 14.3. The van der Waals surface area contributed by atoms with Gasteiger partial charge in [0.2, 0.25) is 5.95 Å². The number of hydrogen-bond donors (Lipinski definition) is 2. The van der Waals surface area contributed by atoms with E-state index in [1.54, 1.807) is 112 Å². The number of nitrogens with one attached hydrogen (secondary N) is 1. The van der Waals surface area contributed by atoms with Gasteiger partial charge < -0.3 is 29.2 Å². The Kier molecular flexibility index (Phi) is 12.2. The molecule has 68 heavy (non-hydrogen) atoms. The fraction of sp³-hybridized carbons (Fsp3) is 0.220. The molecule has 1 aliphatic carbocycles. The summed E-state index contributed by atoms with van der Waals surface area (Å²) in [7, 11) is 3.05. The van der Waals surface area contributed by atoms with Gasteiger partial charge in [-0.2, -0.15) is 4.98 Å². The Balaban J connectivity index is 1.02. The Bertz CT molecular complexity index is 3430. The van der Waals surface area contributed by atoms with Gasteiger partial charge >= 0.3 is 11.9 Å². The van der Waals surface area contributed by atoms with E-state index in [1.807, 2.05) is 0 Å². The minimum absolute atomic E-state index is 0.0478. The van der Waals surface area contributed by atoms with E-state index >= 15 is 0 Å². The molecule has 0 bridgehead atoms. The highest BCUT2D eigenvalue weighted by Crippen LogP contribution is 2.43. The number of nitrogens with zero attached hydrogens (tertiary/aromatic N) is 5. The normalized spacial score (nSPS) is 15.9. The zero-order valence-electron chi connectivity index (χ0n) is 37.2. The molecule has 8 aromatic rings. The number of methoxy groups -OCH3 is 2.